The van der Waals surface area contributed by atoms with Crippen molar-refractivity contribution in [3.63, 3.8) is 0 Å². The lowest BCUT2D eigenvalue weighted by atomic mass is 9.77. The van der Waals surface area contributed by atoms with Gasteiger partial charge in [0.1, 0.15) is 24.6 Å². The molecule has 1 fully saturated rings. The van der Waals surface area contributed by atoms with Crippen molar-refractivity contribution in [2.45, 2.75) is 102 Å². The number of anilines is 3. The van der Waals surface area contributed by atoms with E-state index in [1.165, 1.54) is 88.9 Å². The number of hydrogen-bond acceptors (Lipinski definition) is 6. The molecule has 6 aliphatic rings. The molecule has 372 valence electrons. The Morgan fingerprint density at radius 2 is 1.32 bits per heavy atom. The van der Waals surface area contributed by atoms with Gasteiger partial charge in [0.15, 0.2) is 11.5 Å². The third-order valence-corrected chi connectivity index (χ3v) is 18.1. The first-order valence-electron chi connectivity index (χ1n) is 27.0. The summed E-state index contributed by atoms with van der Waals surface area (Å²) in [6.45, 7) is 15.8. The van der Waals surface area contributed by atoms with E-state index >= 15 is 0 Å². The van der Waals surface area contributed by atoms with Crippen LogP contribution in [0.3, 0.4) is 0 Å². The second-order valence-corrected chi connectivity index (χ2v) is 23.3. The molecule has 0 N–H and O–H groups in total. The maximum atomic E-state index is 7.49. The number of nitrogens with zero attached hydrogens (tertiary/aromatic N) is 5. The molecule has 0 amide bonds. The summed E-state index contributed by atoms with van der Waals surface area (Å²) >= 11 is 0. The predicted octanol–water partition coefficient (Wildman–Crippen LogP) is 15.3. The molecule has 0 saturated carbocycles. The fourth-order valence-corrected chi connectivity index (χ4v) is 14.2. The Morgan fingerprint density at radius 3 is 2.07 bits per heavy atom. The van der Waals surface area contributed by atoms with E-state index in [2.05, 4.69) is 234 Å². The molecule has 1 aliphatic carbocycles. The number of para-hydroxylation sites is 1. The normalized spacial score (nSPS) is 22.7. The van der Waals surface area contributed by atoms with E-state index in [4.69, 9.17) is 14.5 Å². The van der Waals surface area contributed by atoms with Crippen LogP contribution in [0.25, 0.3) is 32.3 Å². The summed E-state index contributed by atoms with van der Waals surface area (Å²) in [4.78, 5) is 12.5. The van der Waals surface area contributed by atoms with Crippen LogP contribution >= 0.6 is 0 Å². The third kappa shape index (κ3) is 6.77. The van der Waals surface area contributed by atoms with Gasteiger partial charge in [0.2, 0.25) is 11.4 Å². The molecular weight excluding hydrogens is 907 g/mol. The Bertz CT molecular complexity index is 3710. The van der Waals surface area contributed by atoms with E-state index in [9.17, 15) is 0 Å². The second-order valence-electron chi connectivity index (χ2n) is 23.3. The summed E-state index contributed by atoms with van der Waals surface area (Å²) in [6.07, 6.45) is 16.5. The van der Waals surface area contributed by atoms with E-state index in [1.807, 2.05) is 6.21 Å². The molecule has 13 rings (SSSR count). The predicted molar refractivity (Wildman–Crippen MR) is 309 cm³/mol. The molecule has 0 bridgehead atoms. The lowest BCUT2D eigenvalue weighted by Gasteiger charge is -2.45. The van der Waals surface area contributed by atoms with Gasteiger partial charge in [-0.15, -0.1) is 0 Å². The fourth-order valence-electron chi connectivity index (χ4n) is 14.2. The molecule has 74 heavy (non-hydrogen) atoms. The molecule has 5 heterocycles. The van der Waals surface area contributed by atoms with Crippen LogP contribution in [0.4, 0.5) is 28.4 Å². The Morgan fingerprint density at radius 1 is 0.662 bits per heavy atom. The van der Waals surface area contributed by atoms with Gasteiger partial charge in [-0.05, 0) is 121 Å². The van der Waals surface area contributed by atoms with E-state index in [0.29, 0.717) is 0 Å². The summed E-state index contributed by atoms with van der Waals surface area (Å²) in [5.41, 5.74) is 13.6. The minimum Gasteiger partial charge on any atom is -0.490 e. The third-order valence-electron chi connectivity index (χ3n) is 18.1. The van der Waals surface area contributed by atoms with Gasteiger partial charge in [0.25, 0.3) is 0 Å². The summed E-state index contributed by atoms with van der Waals surface area (Å²) in [5, 5.41) is 7.55. The van der Waals surface area contributed by atoms with Crippen LogP contribution < -0.4 is 19.4 Å². The molecule has 1 spiro atoms. The highest BCUT2D eigenvalue weighted by atomic mass is 16.5. The van der Waals surface area contributed by atoms with Crippen LogP contribution in [0, 0.1) is 0 Å². The molecule has 7 aromatic carbocycles. The zero-order valence-electron chi connectivity index (χ0n) is 44.6. The number of aliphatic imine (C=N–C) groups is 1. The van der Waals surface area contributed by atoms with Crippen molar-refractivity contribution in [1.82, 2.24) is 0 Å². The molecule has 7 aromatic rings. The average Bonchev–Trinajstić information content (AvgIpc) is 3.82. The van der Waals surface area contributed by atoms with Crippen molar-refractivity contribution in [1.29, 1.82) is 0 Å². The van der Waals surface area contributed by atoms with E-state index < -0.39 is 5.72 Å². The summed E-state index contributed by atoms with van der Waals surface area (Å²) in [5.74, 6) is 1.89. The van der Waals surface area contributed by atoms with Crippen LogP contribution in [-0.2, 0) is 21.0 Å². The zero-order valence-corrected chi connectivity index (χ0v) is 44.6. The van der Waals surface area contributed by atoms with Gasteiger partial charge in [-0.2, -0.15) is 4.58 Å². The van der Waals surface area contributed by atoms with Gasteiger partial charge in [-0.1, -0.05) is 117 Å². The highest BCUT2D eigenvalue weighted by molar-refractivity contribution is 6.08. The van der Waals surface area contributed by atoms with Gasteiger partial charge >= 0.3 is 0 Å². The second kappa shape index (κ2) is 16.8. The van der Waals surface area contributed by atoms with Crippen molar-refractivity contribution < 1.29 is 14.0 Å². The molecule has 0 aromatic heterocycles. The largest absolute Gasteiger partial charge is 0.490 e. The number of hydrogen-bond donors (Lipinski definition) is 0. The SMILES string of the molecule is CN1/C(=C/C=C2\CCCC(/C=C/C3=[N+](C)c4ccc5ccccc5c4C3(C)C)=C2OC2CCN(c3cc4c(c5ccccc35)N=CC3(O4)N(C)c4ccccc4C3(C)C)CC2)C(C)(C)c2c1ccc1ccccc21. The van der Waals surface area contributed by atoms with Crippen LogP contribution in [0.2, 0.25) is 0 Å². The summed E-state index contributed by atoms with van der Waals surface area (Å²) in [7, 11) is 6.61. The zero-order chi connectivity index (χ0) is 50.9. The molecule has 5 aliphatic heterocycles. The first kappa shape index (κ1) is 46.4. The average molecular weight is 975 g/mol. The fraction of sp³-hybridized carbons (Fsp3) is 0.313. The molecule has 1 saturated heterocycles. The number of rotatable bonds is 6. The maximum Gasteiger partial charge on any atom is 0.228 e. The minimum atomic E-state index is -0.758. The Balaban J connectivity index is 0.837. The minimum absolute atomic E-state index is 0.0633. The molecule has 1 atom stereocenters. The monoisotopic (exact) mass is 975 g/mol. The van der Waals surface area contributed by atoms with Crippen molar-refractivity contribution in [2.24, 2.45) is 4.99 Å². The van der Waals surface area contributed by atoms with E-state index in [-0.39, 0.29) is 22.3 Å². The topological polar surface area (TPSA) is 43.6 Å². The molecule has 7 heteroatoms. The van der Waals surface area contributed by atoms with Gasteiger partial charge in [0.05, 0.1) is 17.0 Å². The standard InChI is InChI=1S/C67H68N5O2/c1-64(2)58(69(7)54-33-29-43-19-10-12-23-48(43)60(54)64)35-31-45-21-18-22-46(32-36-59-65(3,4)61-49-24-13-11-20-44(49)30-34-55(61)70(59)8)63(45)73-47-37-39-72(40-38-47)56-41-57-62(51-26-15-14-25-50(51)56)68-42-67(74-57)66(5,6)52-27-16-17-28-53(52)71(67)9/h10-17,19-20,23-36,41-42,47H,18,21-22,37-40H2,1-9H3/q+1. The van der Waals surface area contributed by atoms with Crippen molar-refractivity contribution in [3.8, 4) is 5.75 Å². The molecular formula is C67H68N5O2+. The molecule has 0 radical (unpaired) electrons. The lowest BCUT2D eigenvalue weighted by molar-refractivity contribution is -0.401. The lowest BCUT2D eigenvalue weighted by Crippen LogP contribution is -2.61. The van der Waals surface area contributed by atoms with Crippen LogP contribution in [0.15, 0.2) is 179 Å². The van der Waals surface area contributed by atoms with E-state index in [0.717, 1.165) is 67.8 Å². The smallest absolute Gasteiger partial charge is 0.228 e. The number of benzene rings is 7. The van der Waals surface area contributed by atoms with Crippen molar-refractivity contribution in [3.05, 3.63) is 191 Å². The number of allylic oxidation sites excluding steroid dienone is 7. The molecule has 7 nitrogen and oxygen atoms in total. The number of ether oxygens (including phenoxy) is 2. The Hall–Kier alpha value is -7.38. The summed E-state index contributed by atoms with van der Waals surface area (Å²) < 4.78 is 17.2. The van der Waals surface area contributed by atoms with Gasteiger partial charge in [0, 0.05) is 103 Å². The first-order valence-corrected chi connectivity index (χ1v) is 27.0. The Labute approximate surface area is 437 Å². The van der Waals surface area contributed by atoms with Crippen LogP contribution in [0.5, 0.6) is 5.75 Å². The number of piperidine rings is 1. The maximum absolute atomic E-state index is 7.49. The van der Waals surface area contributed by atoms with Crippen molar-refractivity contribution >= 4 is 72.7 Å². The summed E-state index contributed by atoms with van der Waals surface area (Å²) in [6, 6.07) is 46.5. The Kier molecular flexibility index (Phi) is 10.6. The van der Waals surface area contributed by atoms with E-state index in [1.54, 1.807) is 0 Å². The first-order chi connectivity index (χ1) is 35.7. The highest BCUT2D eigenvalue weighted by Gasteiger charge is 2.58. The molecule has 1 unspecified atom stereocenters. The van der Waals surface area contributed by atoms with Crippen LogP contribution in [-0.4, -0.2) is 62.6 Å². The van der Waals surface area contributed by atoms with Gasteiger partial charge < -0.3 is 24.2 Å². The number of fused-ring (bicyclic) bond motifs is 10. The van der Waals surface area contributed by atoms with Crippen molar-refractivity contribution in [2.75, 3.05) is 48.9 Å². The van der Waals surface area contributed by atoms with Gasteiger partial charge in [-0.3, -0.25) is 4.99 Å². The van der Waals surface area contributed by atoms with Gasteiger partial charge in [-0.25, -0.2) is 0 Å². The quantitative estimate of drug-likeness (QED) is 0.155. The van der Waals surface area contributed by atoms with Crippen LogP contribution in [0.1, 0.15) is 90.3 Å². The highest BCUT2D eigenvalue weighted by Crippen LogP contribution is 2.56. The number of likely N-dealkylation sites (N-methyl/N-ethyl adjacent to an activating group) is 2.